The minimum atomic E-state index is -0.0137. The van der Waals surface area contributed by atoms with Crippen LogP contribution in [0.5, 0.6) is 11.5 Å². The Morgan fingerprint density at radius 3 is 2.17 bits per heavy atom. The van der Waals surface area contributed by atoms with E-state index < -0.39 is 0 Å². The van der Waals surface area contributed by atoms with Crippen LogP contribution in [0.2, 0.25) is 0 Å². The van der Waals surface area contributed by atoms with Crippen molar-refractivity contribution in [2.75, 3.05) is 0 Å². The molecule has 5 heterocycles. The summed E-state index contributed by atoms with van der Waals surface area (Å²) in [5.74, 6) is 1.98. The first-order valence-electron chi connectivity index (χ1n) is 17.1. The van der Waals surface area contributed by atoms with Gasteiger partial charge in [0, 0.05) is 29.2 Å². The van der Waals surface area contributed by atoms with Crippen molar-refractivity contribution in [2.24, 2.45) is 0 Å². The monoisotopic (exact) mass is 852 g/mol. The predicted octanol–water partition coefficient (Wildman–Crippen LogP) is 11.0. The molecule has 0 radical (unpaired) electrons. The summed E-state index contributed by atoms with van der Waals surface area (Å²) in [6, 6.07) is 48.8. The van der Waals surface area contributed by atoms with E-state index in [1.807, 2.05) is 42.7 Å². The molecule has 0 unspecified atom stereocenters. The third kappa shape index (κ3) is 5.01. The summed E-state index contributed by atoms with van der Waals surface area (Å²) in [6.07, 6.45) is 3.78. The van der Waals surface area contributed by atoms with Gasteiger partial charge < -0.3 is 14.3 Å². The Balaban J connectivity index is 0.00000360. The molecule has 0 aliphatic carbocycles. The molecule has 0 bridgehead atoms. The van der Waals surface area contributed by atoms with Crippen LogP contribution >= 0.6 is 0 Å². The van der Waals surface area contributed by atoms with Gasteiger partial charge in [0.15, 0.2) is 0 Å². The zero-order valence-corrected chi connectivity index (χ0v) is 30.9. The van der Waals surface area contributed by atoms with Crippen LogP contribution in [-0.4, -0.2) is 23.9 Å². The van der Waals surface area contributed by atoms with Crippen molar-refractivity contribution < 1.29 is 25.8 Å². The number of pyridine rings is 3. The largest absolute Gasteiger partial charge is 2.00 e. The molecule has 0 saturated carbocycles. The average molecular weight is 853 g/mol. The van der Waals surface area contributed by atoms with Gasteiger partial charge in [-0.1, -0.05) is 104 Å². The van der Waals surface area contributed by atoms with Gasteiger partial charge in [-0.2, -0.15) is 6.07 Å². The van der Waals surface area contributed by atoms with Gasteiger partial charge in [0.1, 0.15) is 11.5 Å². The summed E-state index contributed by atoms with van der Waals surface area (Å²) in [6.45, 7) is 6.59. The molecule has 10 rings (SSSR count). The molecule has 10 aromatic rings. The minimum Gasteiger partial charge on any atom is -0.502 e. The molecule has 0 spiro atoms. The standard InChI is InChI=1S/C45H31N5O.Pt/c1-45(2,3)29-19-22-35(47-27-29)28-24-34-43(33-13-5-8-16-38(33)50-39-17-9-6-14-36(39)48-44(34)50)41(25-28)51-30-20-21-32-31-12-4-7-15-37(31)49(40(32)26-30)42-18-10-11-23-46-42;/h4-24,27H,1-3H3;/q-2;+2. The first-order chi connectivity index (χ1) is 24.9. The van der Waals surface area contributed by atoms with Crippen LogP contribution < -0.4 is 4.74 Å². The third-order valence-corrected chi connectivity index (χ3v) is 9.80. The molecule has 7 heteroatoms. The Bertz CT molecular complexity index is 2980. The van der Waals surface area contributed by atoms with E-state index in [9.17, 15) is 0 Å². The zero-order valence-electron chi connectivity index (χ0n) is 28.7. The molecule has 0 saturated heterocycles. The fourth-order valence-corrected chi connectivity index (χ4v) is 7.31. The Hall–Kier alpha value is -5.84. The predicted molar refractivity (Wildman–Crippen MR) is 206 cm³/mol. The van der Waals surface area contributed by atoms with Crippen LogP contribution in [0.3, 0.4) is 0 Å². The van der Waals surface area contributed by atoms with Gasteiger partial charge >= 0.3 is 21.1 Å². The summed E-state index contributed by atoms with van der Waals surface area (Å²) < 4.78 is 11.3. The van der Waals surface area contributed by atoms with E-state index in [1.54, 1.807) is 0 Å². The van der Waals surface area contributed by atoms with Crippen molar-refractivity contribution in [2.45, 2.75) is 26.2 Å². The molecule has 0 aliphatic heterocycles. The summed E-state index contributed by atoms with van der Waals surface area (Å²) >= 11 is 0. The SMILES string of the molecule is CC(C)(C)c1ccc(-c2[c-]c(Oc3[c-]c4c(cc3)c3ccccc3n4-c3ccccn3)c3c4ccccc4n4c5ccccc5nc4c3c2)nc1.[Pt+2]. The summed E-state index contributed by atoms with van der Waals surface area (Å²) in [5, 5.41) is 5.14. The maximum Gasteiger partial charge on any atom is 2.00 e. The number of hydrogen-bond acceptors (Lipinski definition) is 4. The van der Waals surface area contributed by atoms with Crippen LogP contribution in [-0.2, 0) is 26.5 Å². The fourth-order valence-electron chi connectivity index (χ4n) is 7.31. The van der Waals surface area contributed by atoms with E-state index in [4.69, 9.17) is 19.7 Å². The van der Waals surface area contributed by atoms with Crippen LogP contribution in [0.15, 0.2) is 134 Å². The topological polar surface area (TPSA) is 57.2 Å². The fraction of sp³-hybridized carbons (Fsp3) is 0.0889. The van der Waals surface area contributed by atoms with Gasteiger partial charge in [-0.15, -0.1) is 29.1 Å². The van der Waals surface area contributed by atoms with Crippen LogP contribution in [0.1, 0.15) is 26.3 Å². The van der Waals surface area contributed by atoms with E-state index >= 15 is 0 Å². The summed E-state index contributed by atoms with van der Waals surface area (Å²) in [4.78, 5) is 14.8. The first-order valence-corrected chi connectivity index (χ1v) is 17.1. The van der Waals surface area contributed by atoms with Crippen molar-refractivity contribution in [3.63, 3.8) is 0 Å². The molecule has 0 amide bonds. The second kappa shape index (κ2) is 12.1. The Kier molecular flexibility index (Phi) is 7.49. The molecule has 5 aromatic carbocycles. The van der Waals surface area contributed by atoms with Crippen LogP contribution in [0.4, 0.5) is 0 Å². The van der Waals surface area contributed by atoms with Crippen LogP contribution in [0, 0.1) is 12.1 Å². The molecule has 0 aliphatic rings. The van der Waals surface area contributed by atoms with E-state index in [0.717, 1.165) is 77.2 Å². The number of aromatic nitrogens is 5. The quantitative estimate of drug-likeness (QED) is 0.131. The molecule has 0 N–H and O–H groups in total. The molecule has 0 atom stereocenters. The molecule has 252 valence electrons. The minimum absolute atomic E-state index is 0. The Morgan fingerprint density at radius 1 is 0.654 bits per heavy atom. The number of rotatable bonds is 4. The second-order valence-electron chi connectivity index (χ2n) is 14.0. The second-order valence-corrected chi connectivity index (χ2v) is 14.0. The molecular weight excluding hydrogens is 822 g/mol. The van der Waals surface area contributed by atoms with Gasteiger partial charge in [0.25, 0.3) is 0 Å². The van der Waals surface area contributed by atoms with Gasteiger partial charge in [-0.05, 0) is 69.2 Å². The summed E-state index contributed by atoms with van der Waals surface area (Å²) in [7, 11) is 0. The van der Waals surface area contributed by atoms with E-state index in [2.05, 4.69) is 133 Å². The van der Waals surface area contributed by atoms with Crippen LogP contribution in [0.25, 0.3) is 77.2 Å². The number of fused-ring (bicyclic) bond motifs is 11. The molecular formula is C45H31N5OPt. The zero-order chi connectivity index (χ0) is 34.3. The third-order valence-electron chi connectivity index (χ3n) is 9.80. The number of benzene rings is 5. The van der Waals surface area contributed by atoms with Gasteiger partial charge in [0.05, 0.1) is 16.8 Å². The van der Waals surface area contributed by atoms with Crippen molar-refractivity contribution in [3.05, 3.63) is 151 Å². The van der Waals surface area contributed by atoms with Crippen molar-refractivity contribution in [3.8, 4) is 28.6 Å². The molecule has 6 nitrogen and oxygen atoms in total. The smallest absolute Gasteiger partial charge is 0.502 e. The van der Waals surface area contributed by atoms with E-state index in [1.165, 1.54) is 5.56 Å². The first kappa shape index (κ1) is 32.1. The number of ether oxygens (including phenoxy) is 1. The Labute approximate surface area is 314 Å². The Morgan fingerprint density at radius 2 is 1.40 bits per heavy atom. The molecule has 5 aromatic heterocycles. The maximum absolute atomic E-state index is 6.95. The number of hydrogen-bond donors (Lipinski definition) is 0. The van der Waals surface area contributed by atoms with Crippen molar-refractivity contribution >= 4 is 60.2 Å². The normalized spacial score (nSPS) is 12.0. The van der Waals surface area contributed by atoms with Gasteiger partial charge in [-0.25, -0.2) is 9.97 Å². The average Bonchev–Trinajstić information content (AvgIpc) is 3.71. The van der Waals surface area contributed by atoms with Gasteiger partial charge in [0.2, 0.25) is 0 Å². The number of para-hydroxylation sites is 4. The summed E-state index contributed by atoms with van der Waals surface area (Å²) in [5.41, 5.74) is 8.62. The number of imidazole rings is 1. The van der Waals surface area contributed by atoms with E-state index in [0.29, 0.717) is 11.5 Å². The van der Waals surface area contributed by atoms with E-state index in [-0.39, 0.29) is 26.5 Å². The molecule has 52 heavy (non-hydrogen) atoms. The molecule has 0 fully saturated rings. The van der Waals surface area contributed by atoms with Crippen molar-refractivity contribution in [1.29, 1.82) is 0 Å². The number of nitrogens with zero attached hydrogens (tertiary/aromatic N) is 5. The maximum atomic E-state index is 6.95. The van der Waals surface area contributed by atoms with Crippen molar-refractivity contribution in [1.82, 2.24) is 23.9 Å². The van der Waals surface area contributed by atoms with Gasteiger partial charge in [-0.3, -0.25) is 4.40 Å².